The number of nitro benzene ring substituents is 1. The van der Waals surface area contributed by atoms with Gasteiger partial charge < -0.3 is 4.18 Å². The molecule has 0 fully saturated rings. The molecule has 0 heterocycles. The maximum atomic E-state index is 11.5. The van der Waals surface area contributed by atoms with Gasteiger partial charge in [-0.05, 0) is 12.5 Å². The van der Waals surface area contributed by atoms with Gasteiger partial charge in [-0.1, -0.05) is 6.07 Å². The molecule has 9 nitrogen and oxygen atoms in total. The lowest BCUT2D eigenvalue weighted by Crippen LogP contribution is -2.17. The Morgan fingerprint density at radius 3 is 2.40 bits per heavy atom. The van der Waals surface area contributed by atoms with Gasteiger partial charge in [-0.3, -0.25) is 14.7 Å². The van der Waals surface area contributed by atoms with E-state index in [-0.39, 0.29) is 17.9 Å². The molecule has 0 bridgehead atoms. The van der Waals surface area contributed by atoms with E-state index in [4.69, 9.17) is 4.55 Å². The zero-order valence-electron chi connectivity index (χ0n) is 10.00. The molecule has 0 amide bonds. The smallest absolute Gasteiger partial charge is 0.309 e. The first-order valence-corrected chi connectivity index (χ1v) is 8.39. The van der Waals surface area contributed by atoms with Crippen LogP contribution in [0.2, 0.25) is 0 Å². The Labute approximate surface area is 115 Å². The molecule has 11 heteroatoms. The summed E-state index contributed by atoms with van der Waals surface area (Å²) in [7, 11) is -8.34. The highest BCUT2D eigenvalue weighted by atomic mass is 32.2. The van der Waals surface area contributed by atoms with Gasteiger partial charge in [0.05, 0.1) is 22.5 Å². The van der Waals surface area contributed by atoms with Gasteiger partial charge in [0.2, 0.25) is 0 Å². The number of non-ortho nitro benzene ring substituents is 1. The minimum atomic E-state index is -4.25. The Morgan fingerprint density at radius 1 is 1.20 bits per heavy atom. The molecule has 0 aliphatic rings. The molecule has 0 saturated heterocycles. The van der Waals surface area contributed by atoms with Crippen LogP contribution in [0.15, 0.2) is 24.3 Å². The van der Waals surface area contributed by atoms with E-state index in [1.807, 2.05) is 0 Å². The molecule has 1 aromatic carbocycles. The van der Waals surface area contributed by atoms with Gasteiger partial charge in [-0.2, -0.15) is 16.8 Å². The maximum absolute atomic E-state index is 11.5. The molecule has 0 atom stereocenters. The van der Waals surface area contributed by atoms with E-state index in [2.05, 4.69) is 4.18 Å². The van der Waals surface area contributed by atoms with Gasteiger partial charge in [0, 0.05) is 6.07 Å². The second kappa shape index (κ2) is 6.15. The third-order valence-corrected chi connectivity index (χ3v) is 4.09. The summed E-state index contributed by atoms with van der Waals surface area (Å²) in [6, 6.07) is 4.56. The van der Waals surface area contributed by atoms with Crippen LogP contribution < -0.4 is 4.18 Å². The highest BCUT2D eigenvalue weighted by molar-refractivity contribution is 7.87. The van der Waals surface area contributed by atoms with E-state index >= 15 is 0 Å². The van der Waals surface area contributed by atoms with Gasteiger partial charge in [-0.15, -0.1) is 0 Å². The molecule has 0 radical (unpaired) electrons. The second-order valence-electron chi connectivity index (χ2n) is 3.74. The highest BCUT2D eigenvalue weighted by Crippen LogP contribution is 2.20. The van der Waals surface area contributed by atoms with Crippen LogP contribution in [-0.4, -0.2) is 37.8 Å². The fourth-order valence-corrected chi connectivity index (χ4v) is 2.93. The van der Waals surface area contributed by atoms with Crippen molar-refractivity contribution in [2.75, 3.05) is 11.5 Å². The average molecular weight is 325 g/mol. The largest absolute Gasteiger partial charge is 0.382 e. The van der Waals surface area contributed by atoms with Crippen molar-refractivity contribution in [3.63, 3.8) is 0 Å². The van der Waals surface area contributed by atoms with Gasteiger partial charge >= 0.3 is 10.1 Å². The number of nitro groups is 1. The molecule has 0 aromatic heterocycles. The lowest BCUT2D eigenvalue weighted by molar-refractivity contribution is -0.384. The molecule has 0 aliphatic heterocycles. The van der Waals surface area contributed by atoms with Gasteiger partial charge in [-0.25, -0.2) is 0 Å². The summed E-state index contributed by atoms with van der Waals surface area (Å²) < 4.78 is 56.9. The van der Waals surface area contributed by atoms with Crippen LogP contribution in [0.1, 0.15) is 6.42 Å². The molecule has 20 heavy (non-hydrogen) atoms. The molecule has 1 rings (SSSR count). The van der Waals surface area contributed by atoms with Crippen LogP contribution in [0.25, 0.3) is 0 Å². The maximum Gasteiger partial charge on any atom is 0.309 e. The van der Waals surface area contributed by atoms with Crippen LogP contribution in [0, 0.1) is 10.1 Å². The number of nitrogens with zero attached hydrogens (tertiary/aromatic N) is 1. The van der Waals surface area contributed by atoms with Crippen molar-refractivity contribution in [1.29, 1.82) is 0 Å². The molecular weight excluding hydrogens is 314 g/mol. The van der Waals surface area contributed by atoms with Crippen LogP contribution in [0.5, 0.6) is 5.75 Å². The Hall–Kier alpha value is -1.72. The summed E-state index contributed by atoms with van der Waals surface area (Å²) in [6.07, 6.45) is -0.351. The van der Waals surface area contributed by atoms with Crippen LogP contribution in [0.3, 0.4) is 0 Å². The summed E-state index contributed by atoms with van der Waals surface area (Å²) in [5, 5.41) is 10.5. The van der Waals surface area contributed by atoms with E-state index < -0.39 is 36.7 Å². The van der Waals surface area contributed by atoms with Crippen LogP contribution in [-0.2, 0) is 20.2 Å². The minimum absolute atomic E-state index is 0.244. The molecule has 0 unspecified atom stereocenters. The predicted molar refractivity (Wildman–Crippen MR) is 68.5 cm³/mol. The van der Waals surface area contributed by atoms with Crippen LogP contribution in [0.4, 0.5) is 5.69 Å². The zero-order valence-corrected chi connectivity index (χ0v) is 11.6. The van der Waals surface area contributed by atoms with E-state index in [9.17, 15) is 26.9 Å². The normalized spacial score (nSPS) is 12.1. The fourth-order valence-electron chi connectivity index (χ4n) is 1.26. The van der Waals surface area contributed by atoms with Crippen molar-refractivity contribution in [3.05, 3.63) is 34.4 Å². The molecule has 0 saturated carbocycles. The molecule has 1 aromatic rings. The first kappa shape index (κ1) is 16.3. The lowest BCUT2D eigenvalue weighted by atomic mass is 10.3. The van der Waals surface area contributed by atoms with E-state index in [1.54, 1.807) is 0 Å². The van der Waals surface area contributed by atoms with E-state index in [1.165, 1.54) is 12.1 Å². The zero-order chi connectivity index (χ0) is 15.4. The Morgan fingerprint density at radius 2 is 1.85 bits per heavy atom. The van der Waals surface area contributed by atoms with Crippen molar-refractivity contribution in [2.24, 2.45) is 0 Å². The van der Waals surface area contributed by atoms with Crippen molar-refractivity contribution in [1.82, 2.24) is 0 Å². The standard InChI is InChI=1S/C9H11NO8S2/c11-10(12)8-3-1-4-9(7-8)18-20(16,17)6-2-5-19(13,14)15/h1,3-4,7H,2,5-6H2,(H,13,14,15). The van der Waals surface area contributed by atoms with E-state index in [0.717, 1.165) is 12.1 Å². The molecule has 1 N–H and O–H groups in total. The van der Waals surface area contributed by atoms with E-state index in [0.29, 0.717) is 0 Å². The molecule has 0 aliphatic carbocycles. The topological polar surface area (TPSA) is 141 Å². The first-order chi connectivity index (χ1) is 9.09. The van der Waals surface area contributed by atoms with Gasteiger partial charge in [0.25, 0.3) is 15.8 Å². The average Bonchev–Trinajstić information content (AvgIpc) is 2.26. The summed E-state index contributed by atoms with van der Waals surface area (Å²) in [6.45, 7) is 0. The number of hydrogen-bond donors (Lipinski definition) is 1. The summed E-state index contributed by atoms with van der Waals surface area (Å²) in [5.41, 5.74) is -0.337. The number of rotatable bonds is 7. The summed E-state index contributed by atoms with van der Waals surface area (Å²) in [5.74, 6) is -1.61. The molecular formula is C9H11NO8S2. The van der Waals surface area contributed by atoms with Crippen molar-refractivity contribution >= 4 is 25.9 Å². The van der Waals surface area contributed by atoms with Crippen molar-refractivity contribution < 1.29 is 30.5 Å². The quantitative estimate of drug-likeness (QED) is 0.332. The third-order valence-electron chi connectivity index (χ3n) is 2.05. The molecule has 112 valence electrons. The SMILES string of the molecule is O=[N+]([O-])c1cccc(OS(=O)(=O)CCCS(=O)(=O)O)c1. The minimum Gasteiger partial charge on any atom is -0.382 e. The summed E-state index contributed by atoms with van der Waals surface area (Å²) in [4.78, 5) is 9.80. The number of benzene rings is 1. The second-order valence-corrected chi connectivity index (χ2v) is 7.00. The first-order valence-electron chi connectivity index (χ1n) is 5.21. The fraction of sp³-hybridized carbons (Fsp3) is 0.333. The predicted octanol–water partition coefficient (Wildman–Crippen LogP) is 0.581. The Kier molecular flexibility index (Phi) is 5.03. The molecule has 0 spiro atoms. The van der Waals surface area contributed by atoms with Crippen molar-refractivity contribution in [3.8, 4) is 5.75 Å². The van der Waals surface area contributed by atoms with Gasteiger partial charge in [0.15, 0.2) is 0 Å². The van der Waals surface area contributed by atoms with Crippen LogP contribution >= 0.6 is 0 Å². The third kappa shape index (κ3) is 5.95. The van der Waals surface area contributed by atoms with Crippen molar-refractivity contribution in [2.45, 2.75) is 6.42 Å². The highest BCUT2D eigenvalue weighted by Gasteiger charge is 2.16. The van der Waals surface area contributed by atoms with Gasteiger partial charge in [0.1, 0.15) is 5.75 Å². The Bertz CT molecular complexity index is 694. The number of hydrogen-bond acceptors (Lipinski definition) is 7. The monoisotopic (exact) mass is 325 g/mol. The lowest BCUT2D eigenvalue weighted by Gasteiger charge is -2.06. The Balaban J connectivity index is 2.71. The summed E-state index contributed by atoms with van der Waals surface area (Å²) >= 11 is 0.